The first kappa shape index (κ1) is 22.6. The summed E-state index contributed by atoms with van der Waals surface area (Å²) in [5.74, 6) is 0.00494. The number of nitrogens with zero attached hydrogens (tertiary/aromatic N) is 1. The highest BCUT2D eigenvalue weighted by Gasteiger charge is 2.31. The number of carbonyl (C=O) groups is 3. The molecule has 2 heterocycles. The molecule has 3 rings (SSSR count). The summed E-state index contributed by atoms with van der Waals surface area (Å²) in [7, 11) is 1.31. The summed E-state index contributed by atoms with van der Waals surface area (Å²) < 4.78 is 15.4. The van der Waals surface area contributed by atoms with E-state index >= 15 is 0 Å². The van der Waals surface area contributed by atoms with Gasteiger partial charge >= 0.3 is 12.1 Å². The molecule has 8 nitrogen and oxygen atoms in total. The van der Waals surface area contributed by atoms with Gasteiger partial charge in [-0.3, -0.25) is 4.79 Å². The number of nitrogens with one attached hydrogen (secondary N) is 1. The van der Waals surface area contributed by atoms with Gasteiger partial charge in [-0.15, -0.1) is 11.3 Å². The zero-order valence-electron chi connectivity index (χ0n) is 17.9. The standard InChI is InChI=1S/C22H26N2O6S/c1-4-29-15-8-6-14(7-9-15)12-18(25)23-20-19(21(26)28-3)16-10-11-24(13-17(16)31-20)22(27)30-5-2/h6-9H,4-5,10-13H2,1-3H3,(H,23,25). The molecule has 0 spiro atoms. The van der Waals surface area contributed by atoms with Crippen LogP contribution < -0.4 is 10.1 Å². The lowest BCUT2D eigenvalue weighted by Gasteiger charge is -2.26. The normalized spacial score (nSPS) is 12.7. The van der Waals surface area contributed by atoms with Gasteiger partial charge in [-0.05, 0) is 43.5 Å². The summed E-state index contributed by atoms with van der Waals surface area (Å²) in [4.78, 5) is 39.6. The molecule has 2 aromatic rings. The van der Waals surface area contributed by atoms with E-state index in [4.69, 9.17) is 14.2 Å². The van der Waals surface area contributed by atoms with Crippen LogP contribution in [0.1, 0.15) is 40.2 Å². The van der Waals surface area contributed by atoms with E-state index in [2.05, 4.69) is 5.32 Å². The smallest absolute Gasteiger partial charge is 0.410 e. The van der Waals surface area contributed by atoms with E-state index in [1.165, 1.54) is 18.4 Å². The van der Waals surface area contributed by atoms with Gasteiger partial charge in [-0.2, -0.15) is 0 Å². The molecular formula is C22H26N2O6S. The van der Waals surface area contributed by atoms with E-state index in [-0.39, 0.29) is 18.4 Å². The van der Waals surface area contributed by atoms with Crippen LogP contribution >= 0.6 is 11.3 Å². The fourth-order valence-electron chi connectivity index (χ4n) is 3.41. The van der Waals surface area contributed by atoms with Crippen LogP contribution in [0.4, 0.5) is 9.80 Å². The molecule has 1 aliphatic rings. The number of methoxy groups -OCH3 is 1. The predicted molar refractivity (Wildman–Crippen MR) is 117 cm³/mol. The van der Waals surface area contributed by atoms with E-state index in [1.54, 1.807) is 11.8 Å². The quantitative estimate of drug-likeness (QED) is 0.653. The van der Waals surface area contributed by atoms with Crippen LogP contribution in [0.2, 0.25) is 0 Å². The molecule has 166 valence electrons. The highest BCUT2D eigenvalue weighted by Crippen LogP contribution is 2.37. The summed E-state index contributed by atoms with van der Waals surface area (Å²) in [6.45, 7) is 5.31. The average Bonchev–Trinajstić information content (AvgIpc) is 3.11. The fourth-order valence-corrected chi connectivity index (χ4v) is 4.67. The Bertz CT molecular complexity index is 954. The maximum absolute atomic E-state index is 12.7. The van der Waals surface area contributed by atoms with Crippen molar-refractivity contribution < 1.29 is 28.6 Å². The van der Waals surface area contributed by atoms with Crippen molar-refractivity contribution in [3.63, 3.8) is 0 Å². The zero-order valence-corrected chi connectivity index (χ0v) is 18.7. The maximum Gasteiger partial charge on any atom is 0.410 e. The molecular weight excluding hydrogens is 420 g/mol. The molecule has 0 radical (unpaired) electrons. The van der Waals surface area contributed by atoms with Crippen LogP contribution in [0.15, 0.2) is 24.3 Å². The van der Waals surface area contributed by atoms with Crippen molar-refractivity contribution in [2.24, 2.45) is 0 Å². The second-order valence-corrected chi connectivity index (χ2v) is 7.98. The van der Waals surface area contributed by atoms with Crippen LogP contribution in [0, 0.1) is 0 Å². The molecule has 0 aliphatic carbocycles. The minimum absolute atomic E-state index is 0.157. The minimum Gasteiger partial charge on any atom is -0.494 e. The second-order valence-electron chi connectivity index (χ2n) is 6.87. The lowest BCUT2D eigenvalue weighted by atomic mass is 10.0. The zero-order chi connectivity index (χ0) is 22.4. The maximum atomic E-state index is 12.7. The Morgan fingerprint density at radius 1 is 1.13 bits per heavy atom. The molecule has 1 aromatic heterocycles. The largest absolute Gasteiger partial charge is 0.494 e. The number of hydrogen-bond acceptors (Lipinski definition) is 7. The number of esters is 1. The first-order valence-corrected chi connectivity index (χ1v) is 10.9. The summed E-state index contributed by atoms with van der Waals surface area (Å²) in [6, 6.07) is 7.31. The number of amides is 2. The Hall–Kier alpha value is -3.07. The Morgan fingerprint density at radius 2 is 1.87 bits per heavy atom. The van der Waals surface area contributed by atoms with Gasteiger partial charge < -0.3 is 24.4 Å². The number of thiophene rings is 1. The van der Waals surface area contributed by atoms with Crippen LogP contribution in [-0.4, -0.2) is 49.7 Å². The molecule has 2 amide bonds. The molecule has 0 saturated carbocycles. The minimum atomic E-state index is -0.501. The number of hydrogen-bond donors (Lipinski definition) is 1. The molecule has 1 N–H and O–H groups in total. The first-order chi connectivity index (χ1) is 15.0. The van der Waals surface area contributed by atoms with E-state index in [9.17, 15) is 14.4 Å². The average molecular weight is 447 g/mol. The van der Waals surface area contributed by atoms with Gasteiger partial charge in [0.25, 0.3) is 0 Å². The number of fused-ring (bicyclic) bond motifs is 1. The van der Waals surface area contributed by atoms with Gasteiger partial charge in [-0.25, -0.2) is 9.59 Å². The fraction of sp³-hybridized carbons (Fsp3) is 0.409. The number of carbonyl (C=O) groups excluding carboxylic acids is 3. The number of benzene rings is 1. The Kier molecular flexibility index (Phi) is 7.51. The highest BCUT2D eigenvalue weighted by atomic mass is 32.1. The van der Waals surface area contributed by atoms with Gasteiger partial charge in [0.05, 0.1) is 38.9 Å². The summed E-state index contributed by atoms with van der Waals surface area (Å²) in [5.41, 5.74) is 2.01. The number of ether oxygens (including phenoxy) is 3. The van der Waals surface area contributed by atoms with Crippen LogP contribution in [0.3, 0.4) is 0 Å². The molecule has 0 unspecified atom stereocenters. The molecule has 1 aliphatic heterocycles. The van der Waals surface area contributed by atoms with Crippen molar-refractivity contribution in [3.05, 3.63) is 45.8 Å². The van der Waals surface area contributed by atoms with E-state index in [0.717, 1.165) is 21.8 Å². The molecule has 31 heavy (non-hydrogen) atoms. The van der Waals surface area contributed by atoms with Crippen LogP contribution in [0.5, 0.6) is 5.75 Å². The van der Waals surface area contributed by atoms with Crippen LogP contribution in [0.25, 0.3) is 0 Å². The Balaban J connectivity index is 1.76. The predicted octanol–water partition coefficient (Wildman–Crippen LogP) is 3.63. The van der Waals surface area contributed by atoms with E-state index < -0.39 is 5.97 Å². The highest BCUT2D eigenvalue weighted by molar-refractivity contribution is 7.17. The van der Waals surface area contributed by atoms with Crippen molar-refractivity contribution >= 4 is 34.3 Å². The van der Waals surface area contributed by atoms with Gasteiger partial charge in [0.15, 0.2) is 0 Å². The van der Waals surface area contributed by atoms with Crippen molar-refractivity contribution in [3.8, 4) is 5.75 Å². The molecule has 0 saturated heterocycles. The molecule has 0 bridgehead atoms. The van der Waals surface area contributed by atoms with E-state index in [0.29, 0.717) is 43.3 Å². The summed E-state index contributed by atoms with van der Waals surface area (Å²) >= 11 is 1.29. The number of rotatable bonds is 7. The Labute approximate surface area is 185 Å². The third kappa shape index (κ3) is 5.35. The van der Waals surface area contributed by atoms with Crippen molar-refractivity contribution in [1.82, 2.24) is 4.90 Å². The lowest BCUT2D eigenvalue weighted by molar-refractivity contribution is -0.115. The van der Waals surface area contributed by atoms with Gasteiger partial charge in [-0.1, -0.05) is 12.1 Å². The van der Waals surface area contributed by atoms with Gasteiger partial charge in [0.2, 0.25) is 5.91 Å². The summed E-state index contributed by atoms with van der Waals surface area (Å²) in [5, 5.41) is 3.30. The van der Waals surface area contributed by atoms with Crippen molar-refractivity contribution in [2.75, 3.05) is 32.2 Å². The summed E-state index contributed by atoms with van der Waals surface area (Å²) in [6.07, 6.45) is 0.260. The third-order valence-corrected chi connectivity index (χ3v) is 5.96. The molecule has 0 fully saturated rings. The van der Waals surface area contributed by atoms with E-state index in [1.807, 2.05) is 31.2 Å². The topological polar surface area (TPSA) is 94.2 Å². The van der Waals surface area contributed by atoms with Crippen LogP contribution in [-0.2, 0) is 33.7 Å². The molecule has 0 atom stereocenters. The second kappa shape index (κ2) is 10.3. The van der Waals surface area contributed by atoms with Crippen molar-refractivity contribution in [2.45, 2.75) is 33.2 Å². The van der Waals surface area contributed by atoms with Gasteiger partial charge in [0, 0.05) is 11.4 Å². The molecule has 1 aromatic carbocycles. The van der Waals surface area contributed by atoms with Gasteiger partial charge in [0.1, 0.15) is 10.8 Å². The van der Waals surface area contributed by atoms with Crippen molar-refractivity contribution in [1.29, 1.82) is 0 Å². The third-order valence-electron chi connectivity index (χ3n) is 4.82. The lowest BCUT2D eigenvalue weighted by Crippen LogP contribution is -2.36. The monoisotopic (exact) mass is 446 g/mol. The SMILES string of the molecule is CCOC(=O)N1CCc2c(sc(NC(=O)Cc3ccc(OCC)cc3)c2C(=O)OC)C1. The first-order valence-electron chi connectivity index (χ1n) is 10.1. The Morgan fingerprint density at radius 3 is 2.52 bits per heavy atom. The number of anilines is 1. The molecule has 9 heteroatoms.